The van der Waals surface area contributed by atoms with Gasteiger partial charge in [-0.2, -0.15) is 0 Å². The van der Waals surface area contributed by atoms with Crippen molar-refractivity contribution in [2.24, 2.45) is 0 Å². The largest absolute Gasteiger partial charge is 0.514 e. The molecule has 0 aliphatic heterocycles. The predicted molar refractivity (Wildman–Crippen MR) is 108 cm³/mol. The van der Waals surface area contributed by atoms with Gasteiger partial charge in [-0.15, -0.1) is 0 Å². The maximum atomic E-state index is 10.9. The summed E-state index contributed by atoms with van der Waals surface area (Å²) in [5.41, 5.74) is 0.0310. The van der Waals surface area contributed by atoms with Crippen LogP contribution >= 0.6 is 0 Å². The van der Waals surface area contributed by atoms with E-state index in [2.05, 4.69) is 6.92 Å². The highest BCUT2D eigenvalue weighted by atomic mass is 28.4. The number of nitro groups is 1. The van der Waals surface area contributed by atoms with E-state index in [1.165, 1.54) is 12.1 Å². The van der Waals surface area contributed by atoms with Crippen molar-refractivity contribution in [3.8, 4) is 5.75 Å². The van der Waals surface area contributed by atoms with Gasteiger partial charge in [0.2, 0.25) is 0 Å². The van der Waals surface area contributed by atoms with Gasteiger partial charge in [0.05, 0.1) is 4.92 Å². The van der Waals surface area contributed by atoms with Crippen LogP contribution in [0.2, 0.25) is 0 Å². The van der Waals surface area contributed by atoms with Crippen LogP contribution in [0.5, 0.6) is 5.75 Å². The van der Waals surface area contributed by atoms with E-state index in [4.69, 9.17) is 8.85 Å². The molecule has 0 fully saturated rings. The topological polar surface area (TPSA) is 61.6 Å². The van der Waals surface area contributed by atoms with E-state index in [0.717, 1.165) is 16.8 Å². The monoisotopic (exact) mass is 379 g/mol. The lowest BCUT2D eigenvalue weighted by Crippen LogP contribution is -2.65. The van der Waals surface area contributed by atoms with Gasteiger partial charge in [0.1, 0.15) is 5.75 Å². The summed E-state index contributed by atoms with van der Waals surface area (Å²) in [5, 5.41) is 12.9. The van der Waals surface area contributed by atoms with Crippen LogP contribution in [-0.4, -0.2) is 20.1 Å². The molecule has 0 saturated carbocycles. The van der Waals surface area contributed by atoms with Crippen molar-refractivity contribution in [2.45, 2.75) is 13.3 Å². The van der Waals surface area contributed by atoms with Crippen LogP contribution in [0.15, 0.2) is 84.9 Å². The van der Waals surface area contributed by atoms with Gasteiger partial charge in [-0.05, 0) is 18.6 Å². The molecule has 0 aromatic heterocycles. The highest BCUT2D eigenvalue weighted by Crippen LogP contribution is 2.21. The third-order valence-corrected chi connectivity index (χ3v) is 7.45. The van der Waals surface area contributed by atoms with Crippen LogP contribution in [0.4, 0.5) is 5.69 Å². The second kappa shape index (κ2) is 8.61. The van der Waals surface area contributed by atoms with Crippen LogP contribution in [-0.2, 0) is 4.43 Å². The van der Waals surface area contributed by atoms with E-state index in [1.54, 1.807) is 12.1 Å². The Balaban J connectivity index is 2.08. The molecular formula is C21H21NO4Si. The molecule has 0 spiro atoms. The van der Waals surface area contributed by atoms with E-state index in [9.17, 15) is 10.1 Å². The second-order valence-corrected chi connectivity index (χ2v) is 8.93. The van der Waals surface area contributed by atoms with Crippen molar-refractivity contribution in [3.05, 3.63) is 95.0 Å². The van der Waals surface area contributed by atoms with Gasteiger partial charge < -0.3 is 8.85 Å². The lowest BCUT2D eigenvalue weighted by Gasteiger charge is -2.31. The molecule has 0 bridgehead atoms. The molecule has 3 rings (SSSR count). The molecule has 0 unspecified atom stereocenters. The third-order valence-electron chi connectivity index (χ3n) is 4.13. The standard InChI is InChI=1S/C21H21NO4Si/c1-2-17-25-27(20-9-5-3-6-10-20,21-11-7-4-8-12-21)26-19-15-13-18(14-16-19)22(23)24/h3-16H,2,17H2,1H3. The highest BCUT2D eigenvalue weighted by Gasteiger charge is 2.45. The van der Waals surface area contributed by atoms with Crippen molar-refractivity contribution in [2.75, 3.05) is 6.61 Å². The Labute approximate surface area is 159 Å². The first-order valence-corrected chi connectivity index (χ1v) is 10.7. The molecule has 0 saturated heterocycles. The normalized spacial score (nSPS) is 11.1. The number of benzene rings is 3. The Kier molecular flexibility index (Phi) is 6.00. The fourth-order valence-corrected chi connectivity index (χ4v) is 6.03. The van der Waals surface area contributed by atoms with E-state index >= 15 is 0 Å². The highest BCUT2D eigenvalue weighted by molar-refractivity contribution is 6.93. The quantitative estimate of drug-likeness (QED) is 0.340. The average Bonchev–Trinajstić information content (AvgIpc) is 2.73. The molecule has 6 heteroatoms. The van der Waals surface area contributed by atoms with Gasteiger partial charge in [0, 0.05) is 29.1 Å². The number of nitro benzene ring substituents is 1. The molecule has 0 aliphatic rings. The Hall–Kier alpha value is -2.96. The van der Waals surface area contributed by atoms with Crippen molar-refractivity contribution >= 4 is 24.6 Å². The summed E-state index contributed by atoms with van der Waals surface area (Å²) in [7, 11) is -3.02. The van der Waals surface area contributed by atoms with Gasteiger partial charge in [0.25, 0.3) is 5.69 Å². The summed E-state index contributed by atoms with van der Waals surface area (Å²) in [6.45, 7) is 2.62. The number of non-ortho nitro benzene ring substituents is 1. The van der Waals surface area contributed by atoms with Crippen molar-refractivity contribution in [1.29, 1.82) is 0 Å². The summed E-state index contributed by atoms with van der Waals surface area (Å²) in [5.74, 6) is 0.552. The van der Waals surface area contributed by atoms with Crippen LogP contribution < -0.4 is 14.8 Å². The van der Waals surface area contributed by atoms with E-state index in [-0.39, 0.29) is 5.69 Å². The molecule has 0 radical (unpaired) electrons. The average molecular weight is 379 g/mol. The minimum absolute atomic E-state index is 0.0310. The SMILES string of the molecule is CCCO[Si](Oc1ccc([N+](=O)[O-])cc1)(c1ccccc1)c1ccccc1. The molecule has 138 valence electrons. The van der Waals surface area contributed by atoms with Crippen molar-refractivity contribution < 1.29 is 13.8 Å². The van der Waals surface area contributed by atoms with Gasteiger partial charge in [0.15, 0.2) is 0 Å². The zero-order chi connectivity index (χ0) is 19.1. The number of rotatable bonds is 8. The predicted octanol–water partition coefficient (Wildman–Crippen LogP) is 3.66. The molecule has 0 amide bonds. The number of nitrogens with zero attached hydrogens (tertiary/aromatic N) is 1. The molecule has 0 atom stereocenters. The smallest absolute Gasteiger partial charge is 0.468 e. The molecule has 0 aliphatic carbocycles. The maximum absolute atomic E-state index is 10.9. The summed E-state index contributed by atoms with van der Waals surface area (Å²) in [6, 6.07) is 26.0. The van der Waals surface area contributed by atoms with Gasteiger partial charge >= 0.3 is 8.56 Å². The van der Waals surface area contributed by atoms with Crippen molar-refractivity contribution in [3.63, 3.8) is 0 Å². The lowest BCUT2D eigenvalue weighted by atomic mass is 10.3. The third kappa shape index (κ3) is 4.24. The number of hydrogen-bond donors (Lipinski definition) is 0. The summed E-state index contributed by atoms with van der Waals surface area (Å²) in [6.07, 6.45) is 0.859. The molecule has 3 aromatic carbocycles. The van der Waals surface area contributed by atoms with Crippen LogP contribution in [0.25, 0.3) is 0 Å². The Bertz CT molecular complexity index is 830. The fraction of sp³-hybridized carbons (Fsp3) is 0.143. The minimum Gasteiger partial charge on any atom is -0.514 e. The van der Waals surface area contributed by atoms with E-state index in [1.807, 2.05) is 60.7 Å². The summed E-state index contributed by atoms with van der Waals surface area (Å²) < 4.78 is 12.9. The summed E-state index contributed by atoms with van der Waals surface area (Å²) >= 11 is 0. The first-order chi connectivity index (χ1) is 13.2. The van der Waals surface area contributed by atoms with E-state index in [0.29, 0.717) is 12.4 Å². The first-order valence-electron chi connectivity index (χ1n) is 8.84. The minimum atomic E-state index is -3.02. The van der Waals surface area contributed by atoms with E-state index < -0.39 is 13.5 Å². The molecule has 3 aromatic rings. The Morgan fingerprint density at radius 3 is 1.81 bits per heavy atom. The van der Waals surface area contributed by atoms with Gasteiger partial charge in [-0.25, -0.2) is 0 Å². The van der Waals surface area contributed by atoms with Crippen molar-refractivity contribution in [1.82, 2.24) is 0 Å². The van der Waals surface area contributed by atoms with Crippen LogP contribution in [0.3, 0.4) is 0 Å². The van der Waals surface area contributed by atoms with Gasteiger partial charge in [-0.3, -0.25) is 10.1 Å². The molecule has 0 N–H and O–H groups in total. The Morgan fingerprint density at radius 2 is 1.37 bits per heavy atom. The second-order valence-electron chi connectivity index (χ2n) is 6.05. The lowest BCUT2D eigenvalue weighted by molar-refractivity contribution is -0.384. The molecule has 27 heavy (non-hydrogen) atoms. The Morgan fingerprint density at radius 1 is 0.852 bits per heavy atom. The van der Waals surface area contributed by atoms with Crippen LogP contribution in [0.1, 0.15) is 13.3 Å². The molecular weight excluding hydrogens is 358 g/mol. The summed E-state index contributed by atoms with van der Waals surface area (Å²) in [4.78, 5) is 10.5. The number of hydrogen-bond acceptors (Lipinski definition) is 4. The van der Waals surface area contributed by atoms with Gasteiger partial charge in [-0.1, -0.05) is 67.6 Å². The molecule has 0 heterocycles. The van der Waals surface area contributed by atoms with Crippen LogP contribution in [0, 0.1) is 10.1 Å². The first kappa shape index (κ1) is 18.8. The molecule has 5 nitrogen and oxygen atoms in total. The zero-order valence-electron chi connectivity index (χ0n) is 15.1. The zero-order valence-corrected chi connectivity index (χ0v) is 16.1. The maximum Gasteiger partial charge on any atom is 0.468 e. The fourth-order valence-electron chi connectivity index (χ4n) is 2.84.